The highest BCUT2D eigenvalue weighted by Gasteiger charge is 2.47. The Hall–Kier alpha value is -2.25. The molecule has 2 saturated heterocycles. The van der Waals surface area contributed by atoms with Gasteiger partial charge >= 0.3 is 12.1 Å². The summed E-state index contributed by atoms with van der Waals surface area (Å²) in [5.74, 6) is -2.17. The van der Waals surface area contributed by atoms with Crippen molar-refractivity contribution in [3.8, 4) is 0 Å². The van der Waals surface area contributed by atoms with Crippen molar-refractivity contribution < 1.29 is 22.8 Å². The number of carbonyl (C=O) groups is 2. The van der Waals surface area contributed by atoms with Crippen molar-refractivity contribution in [3.63, 3.8) is 0 Å². The minimum atomic E-state index is -4.94. The average Bonchev–Trinajstić information content (AvgIpc) is 3.28. The highest BCUT2D eigenvalue weighted by molar-refractivity contribution is 5.90. The Morgan fingerprint density at radius 3 is 2.52 bits per heavy atom. The monoisotopic (exact) mass is 383 g/mol. The van der Waals surface area contributed by atoms with Crippen LogP contribution in [-0.2, 0) is 9.59 Å². The number of anilines is 1. The molecule has 27 heavy (non-hydrogen) atoms. The molecule has 0 radical (unpaired) electrons. The number of nitrogens with one attached hydrogen (secondary N) is 1. The van der Waals surface area contributed by atoms with Gasteiger partial charge in [-0.1, -0.05) is 17.7 Å². The van der Waals surface area contributed by atoms with Gasteiger partial charge in [0.1, 0.15) is 6.04 Å². The lowest BCUT2D eigenvalue weighted by Crippen LogP contribution is -2.50. The zero-order valence-electron chi connectivity index (χ0n) is 15.3. The second-order valence-corrected chi connectivity index (χ2v) is 7.34. The zero-order chi connectivity index (χ0) is 19.6. The third-order valence-electron chi connectivity index (χ3n) is 5.31. The summed E-state index contributed by atoms with van der Waals surface area (Å²) in [4.78, 5) is 26.7. The molecule has 2 aliphatic heterocycles. The van der Waals surface area contributed by atoms with Gasteiger partial charge in [0.05, 0.1) is 0 Å². The van der Waals surface area contributed by atoms with Crippen molar-refractivity contribution in [1.29, 1.82) is 0 Å². The highest BCUT2D eigenvalue weighted by atomic mass is 19.4. The molecule has 1 aromatic rings. The minimum Gasteiger partial charge on any atom is -0.371 e. The van der Waals surface area contributed by atoms with E-state index in [1.54, 1.807) is 0 Å². The van der Waals surface area contributed by atoms with Crippen LogP contribution in [0.3, 0.4) is 0 Å². The first kappa shape index (κ1) is 19.5. The molecule has 1 aromatic carbocycles. The predicted molar refractivity (Wildman–Crippen MR) is 95.3 cm³/mol. The van der Waals surface area contributed by atoms with Crippen LogP contribution in [0.1, 0.15) is 24.8 Å². The average molecular weight is 383 g/mol. The Kier molecular flexibility index (Phi) is 5.62. The van der Waals surface area contributed by atoms with Crippen molar-refractivity contribution >= 4 is 17.5 Å². The Morgan fingerprint density at radius 2 is 1.85 bits per heavy atom. The molecule has 0 aliphatic carbocycles. The van der Waals surface area contributed by atoms with Gasteiger partial charge in [0.15, 0.2) is 0 Å². The lowest BCUT2D eigenvalue weighted by Gasteiger charge is -2.25. The van der Waals surface area contributed by atoms with E-state index in [0.717, 1.165) is 25.2 Å². The van der Waals surface area contributed by atoms with E-state index in [4.69, 9.17) is 0 Å². The number of alkyl halides is 3. The molecule has 2 fully saturated rings. The van der Waals surface area contributed by atoms with Gasteiger partial charge in [-0.25, -0.2) is 0 Å². The maximum absolute atomic E-state index is 12.7. The summed E-state index contributed by atoms with van der Waals surface area (Å²) in [5, 5.41) is 2.76. The van der Waals surface area contributed by atoms with E-state index in [1.165, 1.54) is 5.56 Å². The largest absolute Gasteiger partial charge is 0.471 e. The van der Waals surface area contributed by atoms with E-state index >= 15 is 0 Å². The van der Waals surface area contributed by atoms with Crippen molar-refractivity contribution in [3.05, 3.63) is 29.8 Å². The number of hydrogen-bond acceptors (Lipinski definition) is 3. The predicted octanol–water partition coefficient (Wildman–Crippen LogP) is 2.49. The lowest BCUT2D eigenvalue weighted by molar-refractivity contribution is -0.186. The molecular formula is C19H24F3N3O2. The van der Waals surface area contributed by atoms with E-state index in [2.05, 4.69) is 34.5 Å². The Bertz CT molecular complexity index is 690. The second kappa shape index (κ2) is 7.78. The number of amides is 2. The maximum Gasteiger partial charge on any atom is 0.471 e. The molecular weight excluding hydrogens is 359 g/mol. The molecule has 8 heteroatoms. The van der Waals surface area contributed by atoms with Crippen molar-refractivity contribution in [2.45, 2.75) is 38.4 Å². The van der Waals surface area contributed by atoms with Gasteiger partial charge in [0, 0.05) is 31.9 Å². The summed E-state index contributed by atoms with van der Waals surface area (Å²) in [5.41, 5.74) is 2.32. The fourth-order valence-electron chi connectivity index (χ4n) is 3.80. The SMILES string of the molecule is Cc1ccc(N2CCC(CNC(=O)C3CCCN3C(=O)C(F)(F)F)C2)cc1. The molecule has 148 valence electrons. The van der Waals surface area contributed by atoms with Gasteiger partial charge in [-0.3, -0.25) is 9.59 Å². The number of hydrogen-bond donors (Lipinski definition) is 1. The van der Waals surface area contributed by atoms with E-state index in [9.17, 15) is 22.8 Å². The summed E-state index contributed by atoms with van der Waals surface area (Å²) >= 11 is 0. The molecule has 2 amide bonds. The molecule has 0 spiro atoms. The third kappa shape index (κ3) is 4.54. The molecule has 2 unspecified atom stereocenters. The van der Waals surface area contributed by atoms with E-state index in [-0.39, 0.29) is 18.9 Å². The number of aryl methyl sites for hydroxylation is 1. The number of rotatable bonds is 4. The Labute approximate surface area is 156 Å². The molecule has 0 saturated carbocycles. The van der Waals surface area contributed by atoms with Crippen LogP contribution < -0.4 is 10.2 Å². The van der Waals surface area contributed by atoms with E-state index < -0.39 is 24.0 Å². The summed E-state index contributed by atoms with van der Waals surface area (Å²) in [6.07, 6.45) is -3.36. The smallest absolute Gasteiger partial charge is 0.371 e. The van der Waals surface area contributed by atoms with Crippen LogP contribution in [0.15, 0.2) is 24.3 Å². The van der Waals surface area contributed by atoms with Crippen molar-refractivity contribution in [2.75, 3.05) is 31.1 Å². The summed E-state index contributed by atoms with van der Waals surface area (Å²) in [7, 11) is 0. The van der Waals surface area contributed by atoms with Crippen LogP contribution in [0.5, 0.6) is 0 Å². The molecule has 5 nitrogen and oxygen atoms in total. The van der Waals surface area contributed by atoms with Gasteiger partial charge < -0.3 is 15.1 Å². The highest BCUT2D eigenvalue weighted by Crippen LogP contribution is 2.26. The fourth-order valence-corrected chi connectivity index (χ4v) is 3.80. The summed E-state index contributed by atoms with van der Waals surface area (Å²) in [6, 6.07) is 7.21. The first-order chi connectivity index (χ1) is 12.8. The topological polar surface area (TPSA) is 52.7 Å². The van der Waals surface area contributed by atoms with Crippen LogP contribution in [-0.4, -0.2) is 55.1 Å². The van der Waals surface area contributed by atoms with Crippen LogP contribution in [0, 0.1) is 12.8 Å². The molecule has 2 aliphatic rings. The molecule has 2 heterocycles. The quantitative estimate of drug-likeness (QED) is 0.869. The Morgan fingerprint density at radius 1 is 1.15 bits per heavy atom. The van der Waals surface area contributed by atoms with Gasteiger partial charge in [-0.2, -0.15) is 13.2 Å². The van der Waals surface area contributed by atoms with E-state index in [0.29, 0.717) is 17.9 Å². The van der Waals surface area contributed by atoms with Gasteiger partial charge in [0.25, 0.3) is 0 Å². The van der Waals surface area contributed by atoms with Crippen molar-refractivity contribution in [2.24, 2.45) is 5.92 Å². The van der Waals surface area contributed by atoms with Gasteiger partial charge in [-0.05, 0) is 44.2 Å². The fraction of sp³-hybridized carbons (Fsp3) is 0.579. The van der Waals surface area contributed by atoms with Gasteiger partial charge in [-0.15, -0.1) is 0 Å². The minimum absolute atomic E-state index is 0.0267. The number of benzene rings is 1. The number of nitrogens with zero attached hydrogens (tertiary/aromatic N) is 2. The molecule has 0 bridgehead atoms. The summed E-state index contributed by atoms with van der Waals surface area (Å²) < 4.78 is 38.0. The normalized spacial score (nSPS) is 23.0. The lowest BCUT2D eigenvalue weighted by atomic mass is 10.1. The zero-order valence-corrected chi connectivity index (χ0v) is 15.3. The number of halogens is 3. The number of carbonyl (C=O) groups excluding carboxylic acids is 2. The molecule has 2 atom stereocenters. The van der Waals surface area contributed by atoms with Gasteiger partial charge in [0.2, 0.25) is 5.91 Å². The van der Waals surface area contributed by atoms with Crippen LogP contribution >= 0.6 is 0 Å². The number of likely N-dealkylation sites (tertiary alicyclic amines) is 1. The molecule has 0 aromatic heterocycles. The summed E-state index contributed by atoms with van der Waals surface area (Å²) in [6.45, 7) is 4.08. The van der Waals surface area contributed by atoms with Crippen molar-refractivity contribution in [1.82, 2.24) is 10.2 Å². The van der Waals surface area contributed by atoms with Crippen LogP contribution in [0.4, 0.5) is 18.9 Å². The molecule has 3 rings (SSSR count). The van der Waals surface area contributed by atoms with E-state index in [1.807, 2.05) is 6.92 Å². The van der Waals surface area contributed by atoms with Crippen LogP contribution in [0.2, 0.25) is 0 Å². The first-order valence-corrected chi connectivity index (χ1v) is 9.23. The second-order valence-electron chi connectivity index (χ2n) is 7.34. The molecule has 1 N–H and O–H groups in total. The maximum atomic E-state index is 12.7. The third-order valence-corrected chi connectivity index (χ3v) is 5.31. The first-order valence-electron chi connectivity index (χ1n) is 9.23. The Balaban J connectivity index is 1.51. The van der Waals surface area contributed by atoms with Crippen LogP contribution in [0.25, 0.3) is 0 Å². The standard InChI is InChI=1S/C19H24F3N3O2/c1-13-4-6-15(7-5-13)24-10-8-14(12-24)11-23-17(26)16-3-2-9-25(16)18(27)19(20,21)22/h4-7,14,16H,2-3,8-12H2,1H3,(H,23,26).